The molecule has 2 N–H and O–H groups in total. The summed E-state index contributed by atoms with van der Waals surface area (Å²) in [4.78, 5) is 0. The molecule has 1 heterocycles. The summed E-state index contributed by atoms with van der Waals surface area (Å²) in [7, 11) is -3.35. The minimum atomic E-state index is -3.35. The van der Waals surface area contributed by atoms with Crippen LogP contribution in [0.5, 0.6) is 0 Å². The van der Waals surface area contributed by atoms with Gasteiger partial charge in [0.15, 0.2) is 0 Å². The van der Waals surface area contributed by atoms with Gasteiger partial charge in [-0.1, -0.05) is 25.1 Å². The van der Waals surface area contributed by atoms with Crippen molar-refractivity contribution < 1.29 is 8.42 Å². The van der Waals surface area contributed by atoms with Gasteiger partial charge in [-0.3, -0.25) is 4.31 Å². The fraction of sp³-hybridized carbons (Fsp3) is 0.538. The van der Waals surface area contributed by atoms with E-state index in [1.807, 2.05) is 24.3 Å². The van der Waals surface area contributed by atoms with E-state index in [-0.39, 0.29) is 6.54 Å². The molecule has 0 amide bonds. The highest BCUT2D eigenvalue weighted by molar-refractivity contribution is 7.93. The fourth-order valence-electron chi connectivity index (χ4n) is 2.33. The van der Waals surface area contributed by atoms with E-state index in [0.717, 1.165) is 17.7 Å². The van der Waals surface area contributed by atoms with Crippen LogP contribution in [-0.4, -0.2) is 26.8 Å². The molecule has 0 saturated heterocycles. The molecule has 0 saturated carbocycles. The summed E-state index contributed by atoms with van der Waals surface area (Å²) in [5, 5.41) is -0.546. The molecule has 1 aromatic rings. The van der Waals surface area contributed by atoms with Gasteiger partial charge in [0, 0.05) is 13.1 Å². The van der Waals surface area contributed by atoms with Crippen molar-refractivity contribution in [1.82, 2.24) is 0 Å². The van der Waals surface area contributed by atoms with Gasteiger partial charge in [0.1, 0.15) is 0 Å². The third-order valence-electron chi connectivity index (χ3n) is 3.45. The van der Waals surface area contributed by atoms with Gasteiger partial charge in [-0.2, -0.15) is 0 Å². The molecule has 2 atom stereocenters. The molecule has 1 aliphatic heterocycles. The van der Waals surface area contributed by atoms with Crippen LogP contribution in [0, 0.1) is 5.92 Å². The maximum Gasteiger partial charge on any atom is 0.239 e. The Balaban J connectivity index is 2.47. The van der Waals surface area contributed by atoms with Crippen molar-refractivity contribution in [2.75, 3.05) is 17.4 Å². The number of para-hydroxylation sites is 1. The van der Waals surface area contributed by atoms with E-state index in [1.165, 1.54) is 4.31 Å². The first kappa shape index (κ1) is 13.4. The third kappa shape index (κ3) is 2.24. The van der Waals surface area contributed by atoms with Gasteiger partial charge in [0.05, 0.1) is 10.9 Å². The molecule has 2 unspecified atom stereocenters. The molecule has 0 aliphatic carbocycles. The summed E-state index contributed by atoms with van der Waals surface area (Å²) in [5.74, 6) is 0.333. The van der Waals surface area contributed by atoms with Crippen LogP contribution in [0.2, 0.25) is 0 Å². The van der Waals surface area contributed by atoms with Gasteiger partial charge in [-0.15, -0.1) is 0 Å². The second-order valence-corrected chi connectivity index (χ2v) is 7.34. The second kappa shape index (κ2) is 4.90. The lowest BCUT2D eigenvalue weighted by Crippen LogP contribution is -2.45. The lowest BCUT2D eigenvalue weighted by atomic mass is 9.96. The fourth-order valence-corrected chi connectivity index (χ4v) is 3.92. The van der Waals surface area contributed by atoms with E-state index in [9.17, 15) is 8.42 Å². The molecule has 4 nitrogen and oxygen atoms in total. The summed E-state index contributed by atoms with van der Waals surface area (Å²) in [6.07, 6.45) is 0.930. The van der Waals surface area contributed by atoms with Crippen LogP contribution in [0.3, 0.4) is 0 Å². The summed E-state index contributed by atoms with van der Waals surface area (Å²) in [5.41, 5.74) is 7.43. The number of hydrogen-bond donors (Lipinski definition) is 1. The van der Waals surface area contributed by atoms with E-state index >= 15 is 0 Å². The highest BCUT2D eigenvalue weighted by Gasteiger charge is 2.33. The Morgan fingerprint density at radius 2 is 2.11 bits per heavy atom. The lowest BCUT2D eigenvalue weighted by Gasteiger charge is -2.35. The molecule has 5 heteroatoms. The van der Waals surface area contributed by atoms with Gasteiger partial charge in [-0.25, -0.2) is 8.42 Å². The SMILES string of the molecule is CC1Cc2ccccc2N(S(=O)(=O)C(C)CN)C1. The predicted octanol–water partition coefficient (Wildman–Crippen LogP) is 1.36. The average molecular weight is 268 g/mol. The van der Waals surface area contributed by atoms with Crippen molar-refractivity contribution in [3.63, 3.8) is 0 Å². The van der Waals surface area contributed by atoms with Crippen LogP contribution in [0.4, 0.5) is 5.69 Å². The van der Waals surface area contributed by atoms with Crippen molar-refractivity contribution in [2.45, 2.75) is 25.5 Å². The molecule has 0 fully saturated rings. The standard InChI is InChI=1S/C13H20N2O2S/c1-10-7-12-5-3-4-6-13(12)15(9-10)18(16,17)11(2)8-14/h3-6,10-11H,7-9,14H2,1-2H3. The first-order valence-corrected chi connectivity index (χ1v) is 7.76. The van der Waals surface area contributed by atoms with E-state index < -0.39 is 15.3 Å². The second-order valence-electron chi connectivity index (χ2n) is 5.06. The largest absolute Gasteiger partial charge is 0.329 e. The van der Waals surface area contributed by atoms with E-state index in [2.05, 4.69) is 6.92 Å². The Hall–Kier alpha value is -1.07. The minimum absolute atomic E-state index is 0.148. The molecular weight excluding hydrogens is 248 g/mol. The summed E-state index contributed by atoms with van der Waals surface area (Å²) < 4.78 is 26.5. The Labute approximate surface area is 109 Å². The molecule has 100 valence electrons. The molecule has 2 rings (SSSR count). The Morgan fingerprint density at radius 3 is 2.78 bits per heavy atom. The number of sulfonamides is 1. The molecule has 18 heavy (non-hydrogen) atoms. The zero-order valence-electron chi connectivity index (χ0n) is 10.8. The third-order valence-corrected chi connectivity index (χ3v) is 5.62. The van der Waals surface area contributed by atoms with Crippen molar-refractivity contribution in [3.05, 3.63) is 29.8 Å². The number of benzene rings is 1. The summed E-state index contributed by atoms with van der Waals surface area (Å²) >= 11 is 0. The maximum absolute atomic E-state index is 12.5. The van der Waals surface area contributed by atoms with Gasteiger partial charge < -0.3 is 5.73 Å². The van der Waals surface area contributed by atoms with Gasteiger partial charge >= 0.3 is 0 Å². The van der Waals surface area contributed by atoms with Crippen LogP contribution < -0.4 is 10.0 Å². The highest BCUT2D eigenvalue weighted by Crippen LogP contribution is 2.32. The first-order chi connectivity index (χ1) is 8.46. The van der Waals surface area contributed by atoms with Crippen LogP contribution in [0.1, 0.15) is 19.4 Å². The van der Waals surface area contributed by atoms with Crippen molar-refractivity contribution >= 4 is 15.7 Å². The predicted molar refractivity (Wildman–Crippen MR) is 74.1 cm³/mol. The Morgan fingerprint density at radius 1 is 1.44 bits per heavy atom. The van der Waals surface area contributed by atoms with E-state index in [0.29, 0.717) is 12.5 Å². The van der Waals surface area contributed by atoms with Crippen LogP contribution >= 0.6 is 0 Å². The molecule has 0 bridgehead atoms. The minimum Gasteiger partial charge on any atom is -0.329 e. The number of anilines is 1. The number of rotatable bonds is 3. The average Bonchev–Trinajstić information content (AvgIpc) is 2.36. The summed E-state index contributed by atoms with van der Waals surface area (Å²) in [6, 6.07) is 7.71. The van der Waals surface area contributed by atoms with Gasteiger partial charge in [-0.05, 0) is 30.9 Å². The zero-order valence-corrected chi connectivity index (χ0v) is 11.7. The molecule has 1 aliphatic rings. The van der Waals surface area contributed by atoms with Crippen LogP contribution in [0.25, 0.3) is 0 Å². The Bertz CT molecular complexity index is 528. The highest BCUT2D eigenvalue weighted by atomic mass is 32.2. The maximum atomic E-state index is 12.5. The molecule has 0 radical (unpaired) electrons. The topological polar surface area (TPSA) is 63.4 Å². The summed E-state index contributed by atoms with van der Waals surface area (Å²) in [6.45, 7) is 4.43. The van der Waals surface area contributed by atoms with Crippen molar-refractivity contribution in [2.24, 2.45) is 11.7 Å². The molecule has 0 aromatic heterocycles. The van der Waals surface area contributed by atoms with Crippen LogP contribution in [0.15, 0.2) is 24.3 Å². The van der Waals surface area contributed by atoms with Gasteiger partial charge in [0.2, 0.25) is 10.0 Å². The van der Waals surface area contributed by atoms with Crippen LogP contribution in [-0.2, 0) is 16.4 Å². The first-order valence-electron chi connectivity index (χ1n) is 6.26. The Kier molecular flexibility index (Phi) is 3.64. The lowest BCUT2D eigenvalue weighted by molar-refractivity contribution is 0.538. The number of hydrogen-bond acceptors (Lipinski definition) is 3. The van der Waals surface area contributed by atoms with E-state index in [4.69, 9.17) is 5.73 Å². The molecular formula is C13H20N2O2S. The quantitative estimate of drug-likeness (QED) is 0.900. The van der Waals surface area contributed by atoms with E-state index in [1.54, 1.807) is 6.92 Å². The molecule has 0 spiro atoms. The van der Waals surface area contributed by atoms with Gasteiger partial charge in [0.25, 0.3) is 0 Å². The molecule has 1 aromatic carbocycles. The number of fused-ring (bicyclic) bond motifs is 1. The number of nitrogens with two attached hydrogens (primary N) is 1. The monoisotopic (exact) mass is 268 g/mol. The normalized spacial score (nSPS) is 21.5. The smallest absolute Gasteiger partial charge is 0.239 e. The van der Waals surface area contributed by atoms with Crippen molar-refractivity contribution in [1.29, 1.82) is 0 Å². The zero-order chi connectivity index (χ0) is 13.3. The van der Waals surface area contributed by atoms with Crippen molar-refractivity contribution in [3.8, 4) is 0 Å². The number of nitrogens with zero attached hydrogens (tertiary/aromatic N) is 1.